The molecule has 38 heavy (non-hydrogen) atoms. The third kappa shape index (κ3) is 10.6. The van der Waals surface area contributed by atoms with Gasteiger partial charge in [0.05, 0.1) is 19.8 Å². The molecule has 0 radical (unpaired) electrons. The van der Waals surface area contributed by atoms with Crippen LogP contribution in [0.5, 0.6) is 11.5 Å². The Bertz CT molecular complexity index is 814. The minimum atomic E-state index is -0.789. The Kier molecular flexibility index (Phi) is 15.6. The SMILES string of the molecule is COCCCOc1cc(CC(CC(N)C(O)CNC(=O)C(C)(C)C2CCCCC2)C(C)C)ccc1OC.Cl. The van der Waals surface area contributed by atoms with Crippen LogP contribution >= 0.6 is 12.4 Å². The Morgan fingerprint density at radius 2 is 1.82 bits per heavy atom. The van der Waals surface area contributed by atoms with E-state index < -0.39 is 17.6 Å². The van der Waals surface area contributed by atoms with Crippen LogP contribution in [0.2, 0.25) is 0 Å². The zero-order valence-electron chi connectivity index (χ0n) is 24.5. The molecule has 1 fully saturated rings. The van der Waals surface area contributed by atoms with E-state index >= 15 is 0 Å². The lowest BCUT2D eigenvalue weighted by atomic mass is 9.70. The number of nitrogens with one attached hydrogen (secondary N) is 1. The lowest BCUT2D eigenvalue weighted by Crippen LogP contribution is -2.49. The highest BCUT2D eigenvalue weighted by Gasteiger charge is 2.37. The number of benzene rings is 1. The predicted molar refractivity (Wildman–Crippen MR) is 156 cm³/mol. The second kappa shape index (κ2) is 17.2. The van der Waals surface area contributed by atoms with Crippen molar-refractivity contribution in [2.24, 2.45) is 28.9 Å². The molecule has 1 aliphatic rings. The van der Waals surface area contributed by atoms with Gasteiger partial charge in [0, 0.05) is 38.1 Å². The Morgan fingerprint density at radius 3 is 2.42 bits per heavy atom. The molecule has 2 rings (SSSR count). The fourth-order valence-electron chi connectivity index (χ4n) is 5.33. The summed E-state index contributed by atoms with van der Waals surface area (Å²) in [5.74, 6) is 2.51. The fourth-order valence-corrected chi connectivity index (χ4v) is 5.33. The van der Waals surface area contributed by atoms with Gasteiger partial charge < -0.3 is 30.4 Å². The summed E-state index contributed by atoms with van der Waals surface area (Å²) in [4.78, 5) is 13.0. The molecule has 1 aromatic carbocycles. The topological polar surface area (TPSA) is 103 Å². The van der Waals surface area contributed by atoms with E-state index in [0.29, 0.717) is 37.2 Å². The summed E-state index contributed by atoms with van der Waals surface area (Å²) in [6.07, 6.45) is 7.35. The maximum absolute atomic E-state index is 13.0. The van der Waals surface area contributed by atoms with Gasteiger partial charge in [0.15, 0.2) is 11.5 Å². The number of methoxy groups -OCH3 is 2. The zero-order chi connectivity index (χ0) is 27.4. The molecular formula is C30H53ClN2O5. The third-order valence-corrected chi connectivity index (χ3v) is 8.17. The highest BCUT2D eigenvalue weighted by atomic mass is 35.5. The van der Waals surface area contributed by atoms with E-state index in [1.54, 1.807) is 14.2 Å². The van der Waals surface area contributed by atoms with Crippen molar-refractivity contribution < 1.29 is 24.1 Å². The van der Waals surface area contributed by atoms with Crippen LogP contribution in [0, 0.1) is 23.2 Å². The molecule has 1 saturated carbocycles. The van der Waals surface area contributed by atoms with Crippen molar-refractivity contribution in [2.75, 3.05) is 34.0 Å². The lowest BCUT2D eigenvalue weighted by Gasteiger charge is -2.36. The molecule has 0 aromatic heterocycles. The molecule has 7 nitrogen and oxygen atoms in total. The molecule has 8 heteroatoms. The number of ether oxygens (including phenoxy) is 3. The van der Waals surface area contributed by atoms with Crippen molar-refractivity contribution in [3.8, 4) is 11.5 Å². The van der Waals surface area contributed by atoms with E-state index in [2.05, 4.69) is 25.2 Å². The average Bonchev–Trinajstić information content (AvgIpc) is 2.89. The van der Waals surface area contributed by atoms with Gasteiger partial charge in [-0.2, -0.15) is 0 Å². The van der Waals surface area contributed by atoms with E-state index in [1.165, 1.54) is 19.3 Å². The smallest absolute Gasteiger partial charge is 0.226 e. The number of carbonyl (C=O) groups excluding carboxylic acids is 1. The molecule has 0 bridgehead atoms. The predicted octanol–water partition coefficient (Wildman–Crippen LogP) is 5.15. The molecule has 1 aliphatic carbocycles. The van der Waals surface area contributed by atoms with E-state index in [-0.39, 0.29) is 30.8 Å². The lowest BCUT2D eigenvalue weighted by molar-refractivity contribution is -0.133. The third-order valence-electron chi connectivity index (χ3n) is 8.17. The Morgan fingerprint density at radius 1 is 1.13 bits per heavy atom. The van der Waals surface area contributed by atoms with Gasteiger partial charge in [0.2, 0.25) is 5.91 Å². The number of carbonyl (C=O) groups is 1. The van der Waals surface area contributed by atoms with E-state index in [0.717, 1.165) is 37.0 Å². The first-order valence-corrected chi connectivity index (χ1v) is 14.1. The van der Waals surface area contributed by atoms with Crippen LogP contribution in [0.3, 0.4) is 0 Å². The molecule has 0 saturated heterocycles. The molecule has 0 aliphatic heterocycles. The number of aliphatic hydroxyl groups is 1. The molecule has 3 atom stereocenters. The maximum atomic E-state index is 13.0. The van der Waals surface area contributed by atoms with Crippen LogP contribution in [-0.4, -0.2) is 57.1 Å². The van der Waals surface area contributed by atoms with E-state index in [9.17, 15) is 9.90 Å². The molecule has 1 aromatic rings. The molecule has 0 heterocycles. The van der Waals surface area contributed by atoms with E-state index in [4.69, 9.17) is 19.9 Å². The van der Waals surface area contributed by atoms with Crippen LogP contribution in [-0.2, 0) is 16.0 Å². The summed E-state index contributed by atoms with van der Waals surface area (Å²) in [5, 5.41) is 13.8. The average molecular weight is 557 g/mol. The van der Waals surface area contributed by atoms with Crippen molar-refractivity contribution in [3.63, 3.8) is 0 Å². The highest BCUT2D eigenvalue weighted by Crippen LogP contribution is 2.38. The second-order valence-electron chi connectivity index (χ2n) is 11.6. The number of halogens is 1. The molecular weight excluding hydrogens is 504 g/mol. The van der Waals surface area contributed by atoms with Crippen molar-refractivity contribution in [1.82, 2.24) is 5.32 Å². The van der Waals surface area contributed by atoms with Gasteiger partial charge in [-0.1, -0.05) is 53.0 Å². The first-order chi connectivity index (χ1) is 17.6. The van der Waals surface area contributed by atoms with Crippen molar-refractivity contribution in [2.45, 2.75) is 91.2 Å². The zero-order valence-corrected chi connectivity index (χ0v) is 25.3. The first-order valence-electron chi connectivity index (χ1n) is 14.1. The van der Waals surface area contributed by atoms with Crippen molar-refractivity contribution in [1.29, 1.82) is 0 Å². The molecule has 0 spiro atoms. The molecule has 4 N–H and O–H groups in total. The summed E-state index contributed by atoms with van der Waals surface area (Å²) in [7, 11) is 3.32. The Hall–Kier alpha value is -1.54. The Balaban J connectivity index is 0.00000722. The quantitative estimate of drug-likeness (QED) is 0.243. The van der Waals surface area contributed by atoms with Crippen LogP contribution in [0.25, 0.3) is 0 Å². The molecule has 3 unspecified atom stereocenters. The van der Waals surface area contributed by atoms with Gasteiger partial charge in [0.1, 0.15) is 0 Å². The monoisotopic (exact) mass is 556 g/mol. The highest BCUT2D eigenvalue weighted by molar-refractivity contribution is 5.85. The van der Waals surface area contributed by atoms with Crippen molar-refractivity contribution >= 4 is 18.3 Å². The summed E-state index contributed by atoms with van der Waals surface area (Å²) in [6, 6.07) is 5.62. The van der Waals surface area contributed by atoms with Gasteiger partial charge in [-0.25, -0.2) is 0 Å². The van der Waals surface area contributed by atoms with Gasteiger partial charge in [0.25, 0.3) is 0 Å². The fraction of sp³-hybridized carbons (Fsp3) is 0.767. The second-order valence-corrected chi connectivity index (χ2v) is 11.6. The maximum Gasteiger partial charge on any atom is 0.226 e. The summed E-state index contributed by atoms with van der Waals surface area (Å²) < 4.78 is 16.5. The Labute approximate surface area is 237 Å². The van der Waals surface area contributed by atoms with Crippen LogP contribution in [0.15, 0.2) is 18.2 Å². The van der Waals surface area contributed by atoms with Gasteiger partial charge in [-0.15, -0.1) is 12.4 Å². The standard InChI is InChI=1S/C30H52N2O5.ClH/c1-21(2)23(17-22-13-14-27(36-6)28(18-22)37-16-10-15-35-5)19-25(31)26(33)20-32-29(34)30(3,4)24-11-8-7-9-12-24;/h13-14,18,21,23-26,33H,7-12,15-17,19-20,31H2,1-6H3,(H,32,34);1H. The van der Waals surface area contributed by atoms with Crippen LogP contribution in [0.1, 0.15) is 78.2 Å². The van der Waals surface area contributed by atoms with Crippen LogP contribution in [0.4, 0.5) is 0 Å². The molecule has 1 amide bonds. The van der Waals surface area contributed by atoms with Gasteiger partial charge in [-0.3, -0.25) is 4.79 Å². The van der Waals surface area contributed by atoms with Crippen LogP contribution < -0.4 is 20.5 Å². The first kappa shape index (κ1) is 34.5. The number of hydrogen-bond acceptors (Lipinski definition) is 6. The molecule has 220 valence electrons. The summed E-state index contributed by atoms with van der Waals surface area (Å²) in [6.45, 7) is 9.82. The van der Waals surface area contributed by atoms with Crippen molar-refractivity contribution in [3.05, 3.63) is 23.8 Å². The minimum Gasteiger partial charge on any atom is -0.493 e. The summed E-state index contributed by atoms with van der Waals surface area (Å²) >= 11 is 0. The van der Waals surface area contributed by atoms with Gasteiger partial charge in [-0.05, 0) is 61.1 Å². The summed E-state index contributed by atoms with van der Waals surface area (Å²) in [5.41, 5.74) is 7.18. The number of aliphatic hydroxyl groups excluding tert-OH is 1. The number of nitrogens with two attached hydrogens (primary N) is 1. The van der Waals surface area contributed by atoms with E-state index in [1.807, 2.05) is 26.0 Å². The minimum absolute atomic E-state index is 0. The normalized spacial score (nSPS) is 16.9. The number of amides is 1. The largest absolute Gasteiger partial charge is 0.493 e. The number of rotatable bonds is 16. The van der Waals surface area contributed by atoms with Gasteiger partial charge >= 0.3 is 0 Å². The number of hydrogen-bond donors (Lipinski definition) is 3.